The van der Waals surface area contributed by atoms with Gasteiger partial charge in [0.1, 0.15) is 5.69 Å². The van der Waals surface area contributed by atoms with Gasteiger partial charge in [0.25, 0.3) is 11.5 Å². The average molecular weight is 355 g/mol. The van der Waals surface area contributed by atoms with Gasteiger partial charge in [0.15, 0.2) is 0 Å². The summed E-state index contributed by atoms with van der Waals surface area (Å²) in [7, 11) is 0. The van der Waals surface area contributed by atoms with Gasteiger partial charge in [-0.1, -0.05) is 31.0 Å². The summed E-state index contributed by atoms with van der Waals surface area (Å²) >= 11 is 0. The van der Waals surface area contributed by atoms with Crippen LogP contribution in [0.3, 0.4) is 0 Å². The van der Waals surface area contributed by atoms with Gasteiger partial charge in [-0.15, -0.1) is 0 Å². The fraction of sp³-hybridized carbons (Fsp3) is 0.368. The van der Waals surface area contributed by atoms with Gasteiger partial charge in [-0.2, -0.15) is 9.78 Å². The van der Waals surface area contributed by atoms with Crippen molar-refractivity contribution in [1.82, 2.24) is 15.1 Å². The Morgan fingerprint density at radius 2 is 1.92 bits per heavy atom. The van der Waals surface area contributed by atoms with Crippen molar-refractivity contribution in [1.29, 1.82) is 0 Å². The van der Waals surface area contributed by atoms with Crippen LogP contribution >= 0.6 is 0 Å². The highest BCUT2D eigenvalue weighted by molar-refractivity contribution is 5.93. The minimum atomic E-state index is -0.908. The molecule has 7 heteroatoms. The van der Waals surface area contributed by atoms with Crippen LogP contribution in [0, 0.1) is 5.92 Å². The molecule has 0 saturated heterocycles. The molecule has 7 nitrogen and oxygen atoms in total. The first kappa shape index (κ1) is 17.8. The summed E-state index contributed by atoms with van der Waals surface area (Å²) in [6.45, 7) is 1.76. The van der Waals surface area contributed by atoms with Crippen molar-refractivity contribution in [3.63, 3.8) is 0 Å². The number of aliphatic carboxylic acids is 1. The number of carbonyl (C=O) groups excluding carboxylic acids is 1. The van der Waals surface area contributed by atoms with Gasteiger partial charge in [-0.25, -0.2) is 0 Å². The lowest BCUT2D eigenvalue weighted by atomic mass is 9.74. The van der Waals surface area contributed by atoms with Crippen LogP contribution in [0.25, 0.3) is 5.69 Å². The summed E-state index contributed by atoms with van der Waals surface area (Å²) < 4.78 is 1.16. The van der Waals surface area contributed by atoms with Gasteiger partial charge in [0, 0.05) is 6.07 Å². The van der Waals surface area contributed by atoms with Gasteiger partial charge < -0.3 is 10.4 Å². The molecule has 1 aromatic heterocycles. The van der Waals surface area contributed by atoms with E-state index >= 15 is 0 Å². The Bertz CT molecular complexity index is 878. The highest BCUT2D eigenvalue weighted by Gasteiger charge is 2.42. The average Bonchev–Trinajstić information content (AvgIpc) is 2.62. The van der Waals surface area contributed by atoms with Gasteiger partial charge in [-0.05, 0) is 38.0 Å². The first-order valence-electron chi connectivity index (χ1n) is 8.62. The Balaban J connectivity index is 1.88. The van der Waals surface area contributed by atoms with E-state index in [4.69, 9.17) is 0 Å². The molecule has 1 saturated carbocycles. The van der Waals surface area contributed by atoms with E-state index in [1.165, 1.54) is 12.1 Å². The lowest BCUT2D eigenvalue weighted by molar-refractivity contribution is -0.145. The molecule has 2 aromatic rings. The fourth-order valence-corrected chi connectivity index (χ4v) is 3.49. The molecule has 0 bridgehead atoms. The molecule has 1 aliphatic rings. The Labute approximate surface area is 150 Å². The molecule has 2 unspecified atom stereocenters. The minimum absolute atomic E-state index is 0.0735. The maximum atomic E-state index is 12.7. The van der Waals surface area contributed by atoms with Crippen LogP contribution < -0.4 is 10.9 Å². The third kappa shape index (κ3) is 3.51. The molecule has 136 valence electrons. The molecule has 0 spiro atoms. The van der Waals surface area contributed by atoms with Gasteiger partial charge in [0.05, 0.1) is 17.1 Å². The zero-order valence-electron chi connectivity index (χ0n) is 14.5. The number of hydrogen-bond donors (Lipinski definition) is 2. The molecule has 2 N–H and O–H groups in total. The lowest BCUT2D eigenvalue weighted by Gasteiger charge is -2.39. The van der Waals surface area contributed by atoms with Gasteiger partial charge in [-0.3, -0.25) is 14.4 Å². The largest absolute Gasteiger partial charge is 0.481 e. The SMILES string of the molecule is CC1(NC(=O)c2ccc(=O)n(-c3ccccc3)n2)CCCCC1C(=O)O. The first-order valence-corrected chi connectivity index (χ1v) is 8.62. The van der Waals surface area contributed by atoms with E-state index in [1.807, 2.05) is 6.07 Å². The maximum absolute atomic E-state index is 12.7. The van der Waals surface area contributed by atoms with Crippen molar-refractivity contribution in [2.24, 2.45) is 5.92 Å². The van der Waals surface area contributed by atoms with Crippen molar-refractivity contribution in [3.05, 3.63) is 58.5 Å². The number of amides is 1. The van der Waals surface area contributed by atoms with Crippen LogP contribution in [-0.2, 0) is 4.79 Å². The summed E-state index contributed by atoms with van der Waals surface area (Å²) in [5, 5.41) is 16.5. The number of carbonyl (C=O) groups is 2. The Hall–Kier alpha value is -2.96. The van der Waals surface area contributed by atoms with E-state index in [2.05, 4.69) is 10.4 Å². The number of hydrogen-bond acceptors (Lipinski definition) is 4. The van der Waals surface area contributed by atoms with Gasteiger partial charge >= 0.3 is 5.97 Å². The molecular formula is C19H21N3O4. The molecule has 1 heterocycles. The van der Waals surface area contributed by atoms with E-state index in [-0.39, 0.29) is 11.3 Å². The van der Waals surface area contributed by atoms with Crippen molar-refractivity contribution < 1.29 is 14.7 Å². The predicted octanol–water partition coefficient (Wildman–Crippen LogP) is 2.00. The summed E-state index contributed by atoms with van der Waals surface area (Å²) in [6, 6.07) is 11.5. The van der Waals surface area contributed by atoms with E-state index in [1.54, 1.807) is 31.2 Å². The number of rotatable bonds is 4. The molecule has 1 amide bonds. The fourth-order valence-electron chi connectivity index (χ4n) is 3.49. The standard InChI is InChI=1S/C19H21N3O4/c1-19(12-6-5-9-14(19)18(25)26)20-17(24)15-10-11-16(23)22(21-15)13-7-3-2-4-8-13/h2-4,7-8,10-11,14H,5-6,9,12H2,1H3,(H,20,24)(H,25,26). The quantitative estimate of drug-likeness (QED) is 0.873. The minimum Gasteiger partial charge on any atom is -0.481 e. The second-order valence-electron chi connectivity index (χ2n) is 6.81. The normalized spacial score (nSPS) is 22.6. The third-order valence-corrected chi connectivity index (χ3v) is 4.94. The Morgan fingerprint density at radius 3 is 2.62 bits per heavy atom. The number of para-hydroxylation sites is 1. The van der Waals surface area contributed by atoms with Crippen LogP contribution in [0.2, 0.25) is 0 Å². The number of aromatic nitrogens is 2. The predicted molar refractivity (Wildman–Crippen MR) is 95.3 cm³/mol. The van der Waals surface area contributed by atoms with Crippen LogP contribution in [0.5, 0.6) is 0 Å². The van der Waals surface area contributed by atoms with Gasteiger partial charge in [0.2, 0.25) is 0 Å². The highest BCUT2D eigenvalue weighted by Crippen LogP contribution is 2.34. The Kier molecular flexibility index (Phi) is 4.88. The number of nitrogens with zero attached hydrogens (tertiary/aromatic N) is 2. The first-order chi connectivity index (χ1) is 12.4. The molecule has 1 fully saturated rings. The molecule has 1 aliphatic carbocycles. The van der Waals surface area contributed by atoms with Crippen LogP contribution in [0.4, 0.5) is 0 Å². The smallest absolute Gasteiger partial charge is 0.308 e. The van der Waals surface area contributed by atoms with E-state index < -0.39 is 23.3 Å². The third-order valence-electron chi connectivity index (χ3n) is 4.94. The summed E-state index contributed by atoms with van der Waals surface area (Å²) in [4.78, 5) is 36.3. The molecule has 3 rings (SSSR count). The van der Waals surface area contributed by atoms with Crippen LogP contribution in [0.1, 0.15) is 43.1 Å². The van der Waals surface area contributed by atoms with E-state index in [0.29, 0.717) is 18.5 Å². The van der Waals surface area contributed by atoms with E-state index in [0.717, 1.165) is 17.5 Å². The summed E-state index contributed by atoms with van der Waals surface area (Å²) in [5.74, 6) is -2.03. The number of benzene rings is 1. The number of carboxylic acids is 1. The maximum Gasteiger partial charge on any atom is 0.308 e. The molecular weight excluding hydrogens is 334 g/mol. The Morgan fingerprint density at radius 1 is 1.19 bits per heavy atom. The van der Waals surface area contributed by atoms with E-state index in [9.17, 15) is 19.5 Å². The summed E-state index contributed by atoms with van der Waals surface area (Å²) in [6.07, 6.45) is 2.81. The molecule has 0 radical (unpaired) electrons. The van der Waals surface area contributed by atoms with Crippen molar-refractivity contribution in [2.75, 3.05) is 0 Å². The monoisotopic (exact) mass is 355 g/mol. The number of carboxylic acid groups (broad SMARTS) is 1. The van der Waals surface area contributed by atoms with Crippen LogP contribution in [-0.4, -0.2) is 32.3 Å². The van der Waals surface area contributed by atoms with Crippen molar-refractivity contribution in [3.8, 4) is 5.69 Å². The molecule has 0 aliphatic heterocycles. The molecule has 2 atom stereocenters. The second-order valence-corrected chi connectivity index (χ2v) is 6.81. The van der Waals surface area contributed by atoms with Crippen LogP contribution in [0.15, 0.2) is 47.3 Å². The van der Waals surface area contributed by atoms with Crippen molar-refractivity contribution >= 4 is 11.9 Å². The second kappa shape index (κ2) is 7.11. The van der Waals surface area contributed by atoms with Crippen molar-refractivity contribution in [2.45, 2.75) is 38.1 Å². The number of nitrogens with one attached hydrogen (secondary N) is 1. The highest BCUT2D eigenvalue weighted by atomic mass is 16.4. The summed E-state index contributed by atoms with van der Waals surface area (Å²) in [5.41, 5.74) is -0.555. The zero-order valence-corrected chi connectivity index (χ0v) is 14.5. The lowest BCUT2D eigenvalue weighted by Crippen LogP contribution is -2.55. The topological polar surface area (TPSA) is 101 Å². The molecule has 1 aromatic carbocycles. The molecule has 26 heavy (non-hydrogen) atoms. The zero-order chi connectivity index (χ0) is 18.7.